The lowest BCUT2D eigenvalue weighted by molar-refractivity contribution is -0.0912. The van der Waals surface area contributed by atoms with E-state index in [1.165, 1.54) is 24.6 Å². The maximum Gasteiger partial charge on any atom is 0.412 e. The summed E-state index contributed by atoms with van der Waals surface area (Å²) < 4.78 is 41.7. The average Bonchev–Trinajstić information content (AvgIpc) is 2.92. The molecular formula is C31H48F3NO2. The first-order chi connectivity index (χ1) is 17.6. The van der Waals surface area contributed by atoms with Gasteiger partial charge in [-0.2, -0.15) is 13.2 Å². The van der Waals surface area contributed by atoms with Crippen LogP contribution in [0.1, 0.15) is 96.1 Å². The first-order valence-corrected chi connectivity index (χ1v) is 13.1. The van der Waals surface area contributed by atoms with Crippen molar-refractivity contribution < 1.29 is 22.7 Å². The summed E-state index contributed by atoms with van der Waals surface area (Å²) >= 11 is 0. The lowest BCUT2D eigenvalue weighted by Gasteiger charge is -2.07. The summed E-state index contributed by atoms with van der Waals surface area (Å²) in [6, 6.07) is 11.0. The van der Waals surface area contributed by atoms with Gasteiger partial charge in [0, 0.05) is 43.2 Å². The molecule has 37 heavy (non-hydrogen) atoms. The summed E-state index contributed by atoms with van der Waals surface area (Å²) in [4.78, 5) is 14.9. The van der Waals surface area contributed by atoms with Crippen LogP contribution in [-0.4, -0.2) is 30.2 Å². The highest BCUT2D eigenvalue weighted by Crippen LogP contribution is 2.27. The molecule has 0 fully saturated rings. The fourth-order valence-electron chi connectivity index (χ4n) is 2.31. The summed E-state index contributed by atoms with van der Waals surface area (Å²) in [5, 5.41) is 0. The van der Waals surface area contributed by atoms with Crippen LogP contribution in [0.25, 0.3) is 5.57 Å². The molecule has 0 saturated carbocycles. The Labute approximate surface area is 223 Å². The average molecular weight is 524 g/mol. The van der Waals surface area contributed by atoms with Gasteiger partial charge in [-0.1, -0.05) is 90.4 Å². The van der Waals surface area contributed by atoms with Crippen molar-refractivity contribution in [2.45, 2.75) is 87.8 Å². The standard InChI is InChI=1S/C11H10F3N.C10H12O.C6H14O.2C2H6/c1-8(6-9(2)11(12,13)14)10-4-3-5-15-7-10;1-3-10(11)9-6-4-8(2)5-7-9;1-3-5-6-7-4-2;2*1-2/h3-7H,1H2,2H3;4-7H,3H2,1-2H3;3-6H2,1-2H3;2*1-2H3/b9-6+;;;;. The molecule has 6 heteroatoms. The van der Waals surface area contributed by atoms with Crippen LogP contribution >= 0.6 is 0 Å². The summed E-state index contributed by atoms with van der Waals surface area (Å²) in [7, 11) is 0. The van der Waals surface area contributed by atoms with Gasteiger partial charge in [-0.15, -0.1) is 0 Å². The Kier molecular flexibility index (Phi) is 26.2. The Hall–Kier alpha value is -2.73. The number of Topliss-reactive ketones (excluding diaryl/α,β-unsaturated/α-hetero) is 1. The molecule has 0 aliphatic carbocycles. The Bertz CT molecular complexity index is 839. The molecule has 0 radical (unpaired) electrons. The quantitative estimate of drug-likeness (QED) is 0.196. The van der Waals surface area contributed by atoms with Crippen molar-refractivity contribution in [1.82, 2.24) is 4.98 Å². The van der Waals surface area contributed by atoms with E-state index in [4.69, 9.17) is 4.74 Å². The molecule has 0 atom stereocenters. The summed E-state index contributed by atoms with van der Waals surface area (Å²) in [6.07, 6.45) is 2.76. The minimum atomic E-state index is -4.30. The van der Waals surface area contributed by atoms with Gasteiger partial charge < -0.3 is 4.74 Å². The number of ether oxygens (including phenoxy) is 1. The molecule has 1 heterocycles. The van der Waals surface area contributed by atoms with Gasteiger partial charge in [0.05, 0.1) is 0 Å². The third kappa shape index (κ3) is 21.1. The van der Waals surface area contributed by atoms with E-state index in [0.717, 1.165) is 31.8 Å². The van der Waals surface area contributed by atoms with Gasteiger partial charge >= 0.3 is 6.18 Å². The highest BCUT2D eigenvalue weighted by molar-refractivity contribution is 5.95. The number of aryl methyl sites for hydroxylation is 1. The molecule has 3 nitrogen and oxygen atoms in total. The number of unbranched alkanes of at least 4 members (excludes halogenated alkanes) is 1. The van der Waals surface area contributed by atoms with Crippen LogP contribution < -0.4 is 0 Å². The molecule has 1 aromatic carbocycles. The maximum absolute atomic E-state index is 12.2. The zero-order valence-electron chi connectivity index (χ0n) is 24.3. The number of allylic oxidation sites excluding steroid dienone is 3. The highest BCUT2D eigenvalue weighted by atomic mass is 19.4. The molecule has 2 aromatic rings. The maximum atomic E-state index is 12.2. The van der Waals surface area contributed by atoms with Crippen LogP contribution in [0.4, 0.5) is 13.2 Å². The molecule has 1 aromatic heterocycles. The number of pyridine rings is 1. The number of nitrogens with zero attached hydrogens (tertiary/aromatic N) is 1. The van der Waals surface area contributed by atoms with E-state index >= 15 is 0 Å². The summed E-state index contributed by atoms with van der Waals surface area (Å²) in [5.74, 6) is 0.213. The number of hydrogen-bond donors (Lipinski definition) is 0. The van der Waals surface area contributed by atoms with Gasteiger partial charge in [-0.25, -0.2) is 0 Å². The van der Waals surface area contributed by atoms with Crippen LogP contribution in [0.2, 0.25) is 0 Å². The van der Waals surface area contributed by atoms with E-state index in [1.54, 1.807) is 18.3 Å². The van der Waals surface area contributed by atoms with E-state index in [-0.39, 0.29) is 5.78 Å². The highest BCUT2D eigenvalue weighted by Gasteiger charge is 2.29. The van der Waals surface area contributed by atoms with Gasteiger partial charge in [-0.05, 0) is 50.5 Å². The fourth-order valence-corrected chi connectivity index (χ4v) is 2.31. The zero-order chi connectivity index (χ0) is 29.3. The largest absolute Gasteiger partial charge is 0.412 e. The van der Waals surface area contributed by atoms with Crippen LogP contribution in [0, 0.1) is 6.92 Å². The van der Waals surface area contributed by atoms with Crippen molar-refractivity contribution in [2.75, 3.05) is 13.2 Å². The molecule has 0 amide bonds. The number of alkyl halides is 3. The lowest BCUT2D eigenvalue weighted by Crippen LogP contribution is -2.08. The molecule has 0 aliphatic rings. The Balaban J connectivity index is -0.000000463. The number of rotatable bonds is 8. The van der Waals surface area contributed by atoms with Crippen LogP contribution in [0.3, 0.4) is 0 Å². The number of halogens is 3. The third-order valence-corrected chi connectivity index (χ3v) is 4.41. The first kappa shape index (κ1) is 38.8. The Morgan fingerprint density at radius 2 is 1.57 bits per heavy atom. The molecule has 210 valence electrons. The molecule has 0 aliphatic heterocycles. The van der Waals surface area contributed by atoms with Gasteiger partial charge in [0.25, 0.3) is 0 Å². The van der Waals surface area contributed by atoms with E-state index in [9.17, 15) is 18.0 Å². The van der Waals surface area contributed by atoms with Gasteiger partial charge in [0.2, 0.25) is 0 Å². The normalized spacial score (nSPS) is 10.1. The first-order valence-electron chi connectivity index (χ1n) is 13.1. The van der Waals surface area contributed by atoms with Gasteiger partial charge in [0.15, 0.2) is 5.78 Å². The van der Waals surface area contributed by atoms with Gasteiger partial charge in [-0.3, -0.25) is 9.78 Å². The molecule has 0 bridgehead atoms. The lowest BCUT2D eigenvalue weighted by atomic mass is 10.1. The van der Waals surface area contributed by atoms with E-state index in [0.29, 0.717) is 17.6 Å². The number of carbonyl (C=O) groups is 1. The second-order valence-electron chi connectivity index (χ2n) is 7.29. The van der Waals surface area contributed by atoms with Crippen molar-refractivity contribution in [3.63, 3.8) is 0 Å². The summed E-state index contributed by atoms with van der Waals surface area (Å²) in [6.45, 7) is 22.5. The molecule has 0 N–H and O–H groups in total. The molecule has 0 saturated heterocycles. The van der Waals surface area contributed by atoms with Crippen molar-refractivity contribution >= 4 is 11.4 Å². The van der Waals surface area contributed by atoms with Crippen LogP contribution in [0.5, 0.6) is 0 Å². The SMILES string of the molecule is C=C(/C=C(\C)C(F)(F)F)c1cccnc1.CC.CC.CCC(=O)c1ccc(C)cc1.CCCCOCC. The van der Waals surface area contributed by atoms with Crippen molar-refractivity contribution in [3.8, 4) is 0 Å². The zero-order valence-corrected chi connectivity index (χ0v) is 24.3. The number of ketones is 1. The van der Waals surface area contributed by atoms with Gasteiger partial charge in [0.1, 0.15) is 0 Å². The second kappa shape index (κ2) is 24.9. The topological polar surface area (TPSA) is 39.2 Å². The monoisotopic (exact) mass is 523 g/mol. The Morgan fingerprint density at radius 1 is 1.00 bits per heavy atom. The number of benzene rings is 1. The van der Waals surface area contributed by atoms with E-state index in [1.807, 2.05) is 72.7 Å². The van der Waals surface area contributed by atoms with Crippen molar-refractivity contribution in [3.05, 3.63) is 83.7 Å². The van der Waals surface area contributed by atoms with Crippen LogP contribution in [0.15, 0.2) is 67.0 Å². The van der Waals surface area contributed by atoms with E-state index < -0.39 is 11.7 Å². The van der Waals surface area contributed by atoms with Crippen LogP contribution in [-0.2, 0) is 4.74 Å². The smallest absolute Gasteiger partial charge is 0.382 e. The molecular weight excluding hydrogens is 475 g/mol. The molecule has 0 spiro atoms. The number of hydrogen-bond acceptors (Lipinski definition) is 3. The minimum absolute atomic E-state index is 0.213. The van der Waals surface area contributed by atoms with Crippen molar-refractivity contribution in [2.24, 2.45) is 0 Å². The second-order valence-corrected chi connectivity index (χ2v) is 7.29. The number of carbonyl (C=O) groups excluding carboxylic acids is 1. The summed E-state index contributed by atoms with van der Waals surface area (Å²) in [5.41, 5.74) is 2.23. The fraction of sp³-hybridized carbons (Fsp3) is 0.484. The third-order valence-electron chi connectivity index (χ3n) is 4.41. The Morgan fingerprint density at radius 3 is 1.97 bits per heavy atom. The van der Waals surface area contributed by atoms with E-state index in [2.05, 4.69) is 18.5 Å². The number of aromatic nitrogens is 1. The minimum Gasteiger partial charge on any atom is -0.382 e. The molecule has 0 unspecified atom stereocenters. The van der Waals surface area contributed by atoms with Crippen molar-refractivity contribution in [1.29, 1.82) is 0 Å². The predicted octanol–water partition coefficient (Wildman–Crippen LogP) is 10.1. The molecule has 2 rings (SSSR count). The predicted molar refractivity (Wildman–Crippen MR) is 153 cm³/mol.